The third-order valence-corrected chi connectivity index (χ3v) is 3.10. The molecule has 1 aromatic carbocycles. The lowest BCUT2D eigenvalue weighted by Crippen LogP contribution is -2.22. The van der Waals surface area contributed by atoms with Crippen molar-refractivity contribution < 1.29 is 4.74 Å². The average molecular weight is 206 g/mol. The lowest BCUT2D eigenvalue weighted by molar-refractivity contribution is 0.0575. The fourth-order valence-corrected chi connectivity index (χ4v) is 1.85. The number of hydrogen-bond donors (Lipinski definition) is 0. The molecule has 2 atom stereocenters. The zero-order valence-corrected chi connectivity index (χ0v) is 10.3. The minimum Gasteiger partial charge on any atom is -0.381 e. The van der Waals surface area contributed by atoms with Crippen LogP contribution in [-0.4, -0.2) is 13.2 Å². The summed E-state index contributed by atoms with van der Waals surface area (Å²) in [6.45, 7) is 6.60. The van der Waals surface area contributed by atoms with Gasteiger partial charge in [-0.1, -0.05) is 50.1 Å². The summed E-state index contributed by atoms with van der Waals surface area (Å²) in [6.07, 6.45) is 2.54. The molecule has 0 spiro atoms. The van der Waals surface area contributed by atoms with Crippen molar-refractivity contribution in [2.45, 2.75) is 39.7 Å². The second kappa shape index (κ2) is 5.92. The zero-order valence-electron chi connectivity index (χ0n) is 10.3. The highest BCUT2D eigenvalue weighted by molar-refractivity contribution is 5.22. The molecule has 84 valence electrons. The van der Waals surface area contributed by atoms with Crippen LogP contribution in [0.4, 0.5) is 0 Å². The van der Waals surface area contributed by atoms with E-state index in [0.717, 1.165) is 6.42 Å². The zero-order chi connectivity index (χ0) is 11.3. The molecule has 1 aromatic rings. The van der Waals surface area contributed by atoms with Crippen molar-refractivity contribution in [2.75, 3.05) is 7.11 Å². The standard InChI is InChI=1S/C14H22O/c1-5-12(3)14(15-4)10-13-8-6-7-11(2)9-13/h6-9,12,14H,5,10H2,1-4H3/t12-,14-/m1/s1. The maximum atomic E-state index is 5.55. The Morgan fingerprint density at radius 3 is 2.60 bits per heavy atom. The monoisotopic (exact) mass is 206 g/mol. The maximum Gasteiger partial charge on any atom is 0.0637 e. The number of rotatable bonds is 5. The Kier molecular flexibility index (Phi) is 4.83. The first-order valence-electron chi connectivity index (χ1n) is 5.75. The topological polar surface area (TPSA) is 9.23 Å². The largest absolute Gasteiger partial charge is 0.381 e. The smallest absolute Gasteiger partial charge is 0.0637 e. The summed E-state index contributed by atoms with van der Waals surface area (Å²) in [5.41, 5.74) is 2.70. The van der Waals surface area contributed by atoms with E-state index in [-0.39, 0.29) is 0 Å². The van der Waals surface area contributed by atoms with Gasteiger partial charge in [0.15, 0.2) is 0 Å². The summed E-state index contributed by atoms with van der Waals surface area (Å²) in [5.74, 6) is 0.621. The highest BCUT2D eigenvalue weighted by Crippen LogP contribution is 2.16. The molecule has 1 nitrogen and oxygen atoms in total. The summed E-state index contributed by atoms with van der Waals surface area (Å²) in [4.78, 5) is 0. The van der Waals surface area contributed by atoms with Gasteiger partial charge in [0.2, 0.25) is 0 Å². The van der Waals surface area contributed by atoms with Crippen molar-refractivity contribution in [1.82, 2.24) is 0 Å². The van der Waals surface area contributed by atoms with Crippen molar-refractivity contribution in [1.29, 1.82) is 0 Å². The van der Waals surface area contributed by atoms with E-state index in [1.165, 1.54) is 17.5 Å². The predicted octanol–water partition coefficient (Wildman–Crippen LogP) is 3.60. The molecule has 15 heavy (non-hydrogen) atoms. The Hall–Kier alpha value is -0.820. The van der Waals surface area contributed by atoms with Crippen molar-refractivity contribution >= 4 is 0 Å². The van der Waals surface area contributed by atoms with Crippen LogP contribution in [-0.2, 0) is 11.2 Å². The number of methoxy groups -OCH3 is 1. The normalized spacial score (nSPS) is 14.9. The minimum atomic E-state index is 0.344. The van der Waals surface area contributed by atoms with Gasteiger partial charge in [0.05, 0.1) is 6.10 Å². The van der Waals surface area contributed by atoms with Crippen LogP contribution in [0.1, 0.15) is 31.4 Å². The van der Waals surface area contributed by atoms with Crippen molar-refractivity contribution in [3.8, 4) is 0 Å². The Morgan fingerprint density at radius 2 is 2.07 bits per heavy atom. The lowest BCUT2D eigenvalue weighted by atomic mass is 9.95. The van der Waals surface area contributed by atoms with Gasteiger partial charge >= 0.3 is 0 Å². The van der Waals surface area contributed by atoms with Crippen LogP contribution in [0.5, 0.6) is 0 Å². The molecule has 0 radical (unpaired) electrons. The van der Waals surface area contributed by atoms with Crippen LogP contribution in [0, 0.1) is 12.8 Å². The minimum absolute atomic E-state index is 0.344. The van der Waals surface area contributed by atoms with Crippen LogP contribution in [0.15, 0.2) is 24.3 Å². The van der Waals surface area contributed by atoms with E-state index in [4.69, 9.17) is 4.74 Å². The number of aryl methyl sites for hydroxylation is 1. The Labute approximate surface area is 93.5 Å². The molecule has 0 aromatic heterocycles. The van der Waals surface area contributed by atoms with Gasteiger partial charge in [0.25, 0.3) is 0 Å². The van der Waals surface area contributed by atoms with Crippen LogP contribution in [0.25, 0.3) is 0 Å². The van der Waals surface area contributed by atoms with Crippen molar-refractivity contribution in [2.24, 2.45) is 5.92 Å². The average Bonchev–Trinajstić information content (AvgIpc) is 2.25. The van der Waals surface area contributed by atoms with Gasteiger partial charge in [-0.3, -0.25) is 0 Å². The SMILES string of the molecule is CC[C@@H](C)[C@@H](Cc1cccc(C)c1)OC. The molecular formula is C14H22O. The van der Waals surface area contributed by atoms with Gasteiger partial charge in [0.1, 0.15) is 0 Å². The van der Waals surface area contributed by atoms with Crippen LogP contribution >= 0.6 is 0 Å². The molecule has 0 aliphatic heterocycles. The number of ether oxygens (including phenoxy) is 1. The Bertz CT molecular complexity index is 293. The van der Waals surface area contributed by atoms with E-state index in [2.05, 4.69) is 45.0 Å². The summed E-state index contributed by atoms with van der Waals surface area (Å²) in [6, 6.07) is 8.68. The van der Waals surface area contributed by atoms with E-state index in [9.17, 15) is 0 Å². The Morgan fingerprint density at radius 1 is 1.33 bits per heavy atom. The highest BCUT2D eigenvalue weighted by Gasteiger charge is 2.15. The van der Waals surface area contributed by atoms with E-state index >= 15 is 0 Å². The van der Waals surface area contributed by atoms with Crippen molar-refractivity contribution in [3.63, 3.8) is 0 Å². The molecule has 0 heterocycles. The molecule has 0 fully saturated rings. The van der Waals surface area contributed by atoms with E-state index < -0.39 is 0 Å². The van der Waals surface area contributed by atoms with E-state index in [0.29, 0.717) is 12.0 Å². The first-order chi connectivity index (χ1) is 7.17. The first-order valence-corrected chi connectivity index (χ1v) is 5.75. The van der Waals surface area contributed by atoms with Crippen LogP contribution < -0.4 is 0 Å². The first kappa shape index (κ1) is 12.3. The molecule has 0 amide bonds. The van der Waals surface area contributed by atoms with Gasteiger partial charge in [-0.15, -0.1) is 0 Å². The molecule has 0 aliphatic rings. The maximum absolute atomic E-state index is 5.55. The predicted molar refractivity (Wildman–Crippen MR) is 65.1 cm³/mol. The quantitative estimate of drug-likeness (QED) is 0.715. The van der Waals surface area contributed by atoms with Crippen LogP contribution in [0.3, 0.4) is 0 Å². The van der Waals surface area contributed by atoms with Gasteiger partial charge in [-0.25, -0.2) is 0 Å². The third-order valence-electron chi connectivity index (χ3n) is 3.10. The number of benzene rings is 1. The summed E-state index contributed by atoms with van der Waals surface area (Å²) in [7, 11) is 1.81. The van der Waals surface area contributed by atoms with Gasteiger partial charge in [-0.2, -0.15) is 0 Å². The fraction of sp³-hybridized carbons (Fsp3) is 0.571. The molecule has 0 N–H and O–H groups in total. The van der Waals surface area contributed by atoms with Gasteiger partial charge in [-0.05, 0) is 24.8 Å². The lowest BCUT2D eigenvalue weighted by Gasteiger charge is -2.21. The van der Waals surface area contributed by atoms with E-state index in [1.807, 2.05) is 7.11 Å². The summed E-state index contributed by atoms with van der Waals surface area (Å²) >= 11 is 0. The summed E-state index contributed by atoms with van der Waals surface area (Å²) < 4.78 is 5.55. The molecule has 0 saturated carbocycles. The van der Waals surface area contributed by atoms with E-state index in [1.54, 1.807) is 0 Å². The molecule has 1 heteroatoms. The van der Waals surface area contributed by atoms with Crippen LogP contribution in [0.2, 0.25) is 0 Å². The molecule has 0 aliphatic carbocycles. The molecule has 0 unspecified atom stereocenters. The van der Waals surface area contributed by atoms with Crippen molar-refractivity contribution in [3.05, 3.63) is 35.4 Å². The molecule has 0 saturated heterocycles. The summed E-state index contributed by atoms with van der Waals surface area (Å²) in [5, 5.41) is 0. The highest BCUT2D eigenvalue weighted by atomic mass is 16.5. The van der Waals surface area contributed by atoms with Gasteiger partial charge in [0, 0.05) is 7.11 Å². The Balaban J connectivity index is 2.66. The molecule has 1 rings (SSSR count). The number of hydrogen-bond acceptors (Lipinski definition) is 1. The van der Waals surface area contributed by atoms with Gasteiger partial charge < -0.3 is 4.74 Å². The second-order valence-corrected chi connectivity index (χ2v) is 4.35. The third kappa shape index (κ3) is 3.67. The molecule has 0 bridgehead atoms. The second-order valence-electron chi connectivity index (χ2n) is 4.35. The fourth-order valence-electron chi connectivity index (χ4n) is 1.85. The molecular weight excluding hydrogens is 184 g/mol.